The fourth-order valence-electron chi connectivity index (χ4n) is 6.87. The van der Waals surface area contributed by atoms with E-state index in [1.54, 1.807) is 17.0 Å². The van der Waals surface area contributed by atoms with Gasteiger partial charge in [-0.2, -0.15) is 0 Å². The van der Waals surface area contributed by atoms with E-state index in [1.165, 1.54) is 23.5 Å². The highest BCUT2D eigenvalue weighted by atomic mass is 32.1. The molecule has 1 aliphatic carbocycles. The molecule has 1 aliphatic heterocycles. The molecule has 1 saturated carbocycles. The number of thiophene rings is 1. The van der Waals surface area contributed by atoms with Crippen molar-refractivity contribution in [2.75, 3.05) is 0 Å². The lowest BCUT2D eigenvalue weighted by Gasteiger charge is -2.35. The summed E-state index contributed by atoms with van der Waals surface area (Å²) in [4.78, 5) is 46.2. The Morgan fingerprint density at radius 2 is 1.49 bits per heavy atom. The monoisotopic (exact) mass is 594 g/mol. The largest absolute Gasteiger partial charge is 0.350 e. The molecule has 0 radical (unpaired) electrons. The number of ketones is 1. The summed E-state index contributed by atoms with van der Waals surface area (Å²) >= 11 is 1.51. The van der Waals surface area contributed by atoms with Crippen LogP contribution in [0.5, 0.6) is 0 Å². The van der Waals surface area contributed by atoms with Crippen LogP contribution in [-0.4, -0.2) is 28.5 Å². The van der Waals surface area contributed by atoms with Gasteiger partial charge in [0.25, 0.3) is 0 Å². The Labute approximate surface area is 255 Å². The second kappa shape index (κ2) is 13.0. The molecule has 7 heteroatoms. The van der Waals surface area contributed by atoms with Crippen molar-refractivity contribution in [3.63, 3.8) is 0 Å². The van der Waals surface area contributed by atoms with E-state index in [0.717, 1.165) is 48.1 Å². The van der Waals surface area contributed by atoms with Crippen molar-refractivity contribution in [3.8, 4) is 0 Å². The van der Waals surface area contributed by atoms with Gasteiger partial charge in [0, 0.05) is 28.8 Å². The summed E-state index contributed by atoms with van der Waals surface area (Å²) in [5.41, 5.74) is 2.16. The summed E-state index contributed by atoms with van der Waals surface area (Å²) in [7, 11) is 0. The predicted octanol–water partition coefficient (Wildman–Crippen LogP) is 7.32. The average Bonchev–Trinajstić information content (AvgIpc) is 3.72. The molecule has 3 aromatic carbocycles. The van der Waals surface area contributed by atoms with E-state index in [-0.39, 0.29) is 35.9 Å². The van der Waals surface area contributed by atoms with Crippen molar-refractivity contribution in [1.82, 2.24) is 10.2 Å². The summed E-state index contributed by atoms with van der Waals surface area (Å²) in [6, 6.07) is 27.3. The molecule has 4 aromatic rings. The maximum absolute atomic E-state index is 14.6. The van der Waals surface area contributed by atoms with Crippen molar-refractivity contribution in [2.45, 2.75) is 56.7 Å². The maximum Gasteiger partial charge on any atom is 0.243 e. The zero-order chi connectivity index (χ0) is 29.8. The van der Waals surface area contributed by atoms with Crippen LogP contribution in [0.1, 0.15) is 70.4 Å². The van der Waals surface area contributed by atoms with E-state index >= 15 is 0 Å². The van der Waals surface area contributed by atoms with Gasteiger partial charge in [-0.1, -0.05) is 98.1 Å². The molecule has 2 fully saturated rings. The Kier molecular flexibility index (Phi) is 8.79. The Morgan fingerprint density at radius 3 is 2.14 bits per heavy atom. The van der Waals surface area contributed by atoms with Crippen LogP contribution in [-0.2, 0) is 16.1 Å². The van der Waals surface area contributed by atoms with Crippen molar-refractivity contribution in [3.05, 3.63) is 130 Å². The normalized spacial score (nSPS) is 22.3. The first-order valence-corrected chi connectivity index (χ1v) is 15.9. The lowest BCUT2D eigenvalue weighted by molar-refractivity contribution is -0.145. The summed E-state index contributed by atoms with van der Waals surface area (Å²) in [5.74, 6) is -2.22. The summed E-state index contributed by atoms with van der Waals surface area (Å²) in [6.07, 6.45) is 4.61. The van der Waals surface area contributed by atoms with Gasteiger partial charge < -0.3 is 10.2 Å². The maximum atomic E-state index is 14.6. The first-order chi connectivity index (χ1) is 21.0. The minimum atomic E-state index is -0.901. The van der Waals surface area contributed by atoms with Gasteiger partial charge >= 0.3 is 0 Å². The summed E-state index contributed by atoms with van der Waals surface area (Å²) in [6.45, 7) is 0.184. The van der Waals surface area contributed by atoms with E-state index < -0.39 is 23.9 Å². The number of likely N-dealkylation sites (tertiary alicyclic amines) is 1. The number of amides is 2. The predicted molar refractivity (Wildman–Crippen MR) is 166 cm³/mol. The fourth-order valence-corrected chi connectivity index (χ4v) is 7.74. The SMILES string of the molecule is O=C(c1ccccc1)C1C(c2ccccc2)C(C(=O)NCc2ccc(F)cc2)N(C(=O)C2CCCCC2)C1c1cccs1. The lowest BCUT2D eigenvalue weighted by Crippen LogP contribution is -2.50. The van der Waals surface area contributed by atoms with Gasteiger partial charge in [-0.3, -0.25) is 14.4 Å². The van der Waals surface area contributed by atoms with Gasteiger partial charge in [0.1, 0.15) is 11.9 Å². The zero-order valence-electron chi connectivity index (χ0n) is 23.9. The van der Waals surface area contributed by atoms with Gasteiger partial charge in [-0.25, -0.2) is 4.39 Å². The number of Topliss-reactive ketones (excluding diaryl/α,β-unsaturated/α-hetero) is 1. The first kappa shape index (κ1) is 29.0. The topological polar surface area (TPSA) is 66.5 Å². The first-order valence-electron chi connectivity index (χ1n) is 15.0. The number of carbonyl (C=O) groups is 3. The van der Waals surface area contributed by atoms with Crippen LogP contribution in [0.2, 0.25) is 0 Å². The van der Waals surface area contributed by atoms with Crippen LogP contribution in [0.25, 0.3) is 0 Å². The third kappa shape index (κ3) is 6.04. The molecule has 220 valence electrons. The Morgan fingerprint density at radius 1 is 0.814 bits per heavy atom. The molecule has 2 amide bonds. The second-order valence-electron chi connectivity index (χ2n) is 11.5. The van der Waals surface area contributed by atoms with Gasteiger partial charge in [-0.15, -0.1) is 11.3 Å². The average molecular weight is 595 g/mol. The van der Waals surface area contributed by atoms with Crippen LogP contribution in [0.4, 0.5) is 4.39 Å². The Balaban J connectivity index is 1.49. The molecule has 43 heavy (non-hydrogen) atoms. The van der Waals surface area contributed by atoms with Crippen molar-refractivity contribution < 1.29 is 18.8 Å². The van der Waals surface area contributed by atoms with Crippen LogP contribution in [0.3, 0.4) is 0 Å². The van der Waals surface area contributed by atoms with Crippen LogP contribution in [0, 0.1) is 17.7 Å². The van der Waals surface area contributed by atoms with E-state index in [2.05, 4.69) is 5.32 Å². The molecule has 0 bridgehead atoms. The molecule has 2 aliphatic rings. The van der Waals surface area contributed by atoms with Gasteiger partial charge in [0.2, 0.25) is 11.8 Å². The van der Waals surface area contributed by atoms with Crippen LogP contribution in [0.15, 0.2) is 102 Å². The minimum absolute atomic E-state index is 0.0516. The number of rotatable bonds is 8. The molecular formula is C36H35FN2O3S. The smallest absolute Gasteiger partial charge is 0.243 e. The molecule has 6 rings (SSSR count). The quantitative estimate of drug-likeness (QED) is 0.218. The highest BCUT2D eigenvalue weighted by Gasteiger charge is 2.58. The van der Waals surface area contributed by atoms with Crippen LogP contribution >= 0.6 is 11.3 Å². The van der Waals surface area contributed by atoms with Crippen molar-refractivity contribution in [2.24, 2.45) is 11.8 Å². The number of hydrogen-bond donors (Lipinski definition) is 1. The summed E-state index contributed by atoms with van der Waals surface area (Å²) < 4.78 is 13.6. The Bertz CT molecular complexity index is 1540. The number of benzene rings is 3. The third-order valence-electron chi connectivity index (χ3n) is 8.90. The second-order valence-corrected chi connectivity index (χ2v) is 12.5. The van der Waals surface area contributed by atoms with E-state index in [0.29, 0.717) is 5.56 Å². The lowest BCUT2D eigenvalue weighted by atomic mass is 9.77. The van der Waals surface area contributed by atoms with Gasteiger partial charge in [-0.05, 0) is 47.5 Å². The van der Waals surface area contributed by atoms with E-state index in [9.17, 15) is 18.8 Å². The fraction of sp³-hybridized carbons (Fsp3) is 0.306. The number of halogens is 1. The highest BCUT2D eigenvalue weighted by molar-refractivity contribution is 7.10. The van der Waals surface area contributed by atoms with Gasteiger partial charge in [0.15, 0.2) is 5.78 Å². The van der Waals surface area contributed by atoms with Crippen LogP contribution < -0.4 is 5.32 Å². The molecular weight excluding hydrogens is 559 g/mol. The zero-order valence-corrected chi connectivity index (χ0v) is 24.7. The van der Waals surface area contributed by atoms with Gasteiger partial charge in [0.05, 0.1) is 12.0 Å². The number of hydrogen-bond acceptors (Lipinski definition) is 4. The third-order valence-corrected chi connectivity index (χ3v) is 9.85. The Hall–Kier alpha value is -4.10. The molecule has 1 N–H and O–H groups in total. The minimum Gasteiger partial charge on any atom is -0.350 e. The van der Waals surface area contributed by atoms with Crippen molar-refractivity contribution in [1.29, 1.82) is 0 Å². The molecule has 4 atom stereocenters. The van der Waals surface area contributed by atoms with E-state index in [1.807, 2.05) is 78.2 Å². The highest BCUT2D eigenvalue weighted by Crippen LogP contribution is 2.53. The molecule has 2 heterocycles. The molecule has 1 aromatic heterocycles. The number of nitrogens with zero attached hydrogens (tertiary/aromatic N) is 1. The van der Waals surface area contributed by atoms with Crippen molar-refractivity contribution >= 4 is 28.9 Å². The molecule has 1 saturated heterocycles. The standard InChI is InChI=1S/C36H35FN2O3S/c37-28-20-18-24(19-21-28)23-38-35(41)33-30(25-11-4-1-5-12-25)31(34(40)26-13-6-2-7-14-26)32(29-17-10-22-43-29)39(33)36(42)27-15-8-3-9-16-27/h1-2,4-7,10-14,17-22,27,30-33H,3,8-9,15-16,23H2,(H,38,41). The molecule has 0 spiro atoms. The van der Waals surface area contributed by atoms with E-state index in [4.69, 9.17) is 0 Å². The molecule has 4 unspecified atom stereocenters. The molecule has 5 nitrogen and oxygen atoms in total. The summed E-state index contributed by atoms with van der Waals surface area (Å²) in [5, 5.41) is 5.01. The number of nitrogens with one attached hydrogen (secondary N) is 1. The number of carbonyl (C=O) groups excluding carboxylic acids is 3.